The van der Waals surface area contributed by atoms with E-state index in [-0.39, 0.29) is 48.7 Å². The van der Waals surface area contributed by atoms with Gasteiger partial charge in [-0.1, -0.05) is 39.3 Å². The minimum atomic E-state index is -3.02. The molecule has 1 N–H and O–H groups in total. The van der Waals surface area contributed by atoms with Crippen molar-refractivity contribution in [1.29, 1.82) is 0 Å². The van der Waals surface area contributed by atoms with E-state index < -0.39 is 53.7 Å². The van der Waals surface area contributed by atoms with Gasteiger partial charge in [-0.3, -0.25) is 19.2 Å². The van der Waals surface area contributed by atoms with Crippen LogP contribution < -0.4 is 0 Å². The Balaban J connectivity index is 1.72. The number of ether oxygens (including phenoxy) is 2. The van der Waals surface area contributed by atoms with Crippen molar-refractivity contribution in [2.45, 2.75) is 78.4 Å². The third-order valence-corrected chi connectivity index (χ3v) is 9.30. The van der Waals surface area contributed by atoms with E-state index in [9.17, 15) is 24.3 Å². The summed E-state index contributed by atoms with van der Waals surface area (Å²) in [5.74, 6) is -3.00. The lowest BCUT2D eigenvalue weighted by molar-refractivity contribution is -0.201. The van der Waals surface area contributed by atoms with Gasteiger partial charge in [0.15, 0.2) is 18.0 Å². The predicted molar refractivity (Wildman–Crippen MR) is 123 cm³/mol. The van der Waals surface area contributed by atoms with Gasteiger partial charge in [0.05, 0.1) is 6.10 Å². The fraction of sp³-hybridized carbons (Fsp3) is 0.704. The Morgan fingerprint density at radius 3 is 2.71 bits per heavy atom. The molecule has 0 aromatic carbocycles. The minimum absolute atomic E-state index is 0.0105. The minimum Gasteiger partial charge on any atom is -0.458 e. The van der Waals surface area contributed by atoms with E-state index in [1.807, 2.05) is 13.0 Å². The smallest absolute Gasteiger partial charge is 0.306 e. The first-order valence-electron chi connectivity index (χ1n) is 13.7. The maximum absolute atomic E-state index is 13.7. The number of esters is 2. The number of fused-ring (bicyclic) bond motifs is 5. The van der Waals surface area contributed by atoms with E-state index in [2.05, 4.69) is 13.8 Å². The van der Waals surface area contributed by atoms with E-state index in [4.69, 9.17) is 13.6 Å². The third-order valence-electron chi connectivity index (χ3n) is 9.30. The van der Waals surface area contributed by atoms with Crippen LogP contribution in [-0.2, 0) is 28.7 Å². The van der Waals surface area contributed by atoms with E-state index in [1.165, 1.54) is 0 Å². The molecular formula is C27H36O7. The maximum atomic E-state index is 13.7. The topological polar surface area (TPSA) is 107 Å². The van der Waals surface area contributed by atoms with Gasteiger partial charge >= 0.3 is 11.9 Å². The van der Waals surface area contributed by atoms with Crippen LogP contribution in [0.3, 0.4) is 0 Å². The van der Waals surface area contributed by atoms with Gasteiger partial charge in [0, 0.05) is 34.1 Å². The Bertz CT molecular complexity index is 1080. The SMILES string of the molecule is [2H][13C]([2H])([2H])C(=O)OCC(=O)[C@@]1(OC(=O)CC)CC[C@H]2[C@@H]3C[C@H](C)C4=CC(=O)C=C[C@]4(C)[C@H]3[C@@H](O)C[C@@]21C. The molecule has 0 saturated heterocycles. The molecule has 0 amide bonds. The molecule has 3 fully saturated rings. The summed E-state index contributed by atoms with van der Waals surface area (Å²) in [4.78, 5) is 50.3. The van der Waals surface area contributed by atoms with Crippen LogP contribution >= 0.6 is 0 Å². The summed E-state index contributed by atoms with van der Waals surface area (Å²) < 4.78 is 32.4. The van der Waals surface area contributed by atoms with Crippen LogP contribution in [0.2, 0.25) is 0 Å². The van der Waals surface area contributed by atoms with Crippen LogP contribution in [-0.4, -0.2) is 46.9 Å². The molecule has 0 aliphatic heterocycles. The van der Waals surface area contributed by atoms with E-state index in [1.54, 1.807) is 19.1 Å². The summed E-state index contributed by atoms with van der Waals surface area (Å²) in [5.41, 5.74) is -2.10. The normalized spacial score (nSPS) is 44.4. The number of ketones is 2. The predicted octanol–water partition coefficient (Wildman–Crippen LogP) is 3.34. The molecule has 4 aliphatic rings. The van der Waals surface area contributed by atoms with Crippen molar-refractivity contribution >= 4 is 23.5 Å². The average molecular weight is 477 g/mol. The maximum Gasteiger partial charge on any atom is 0.306 e. The average Bonchev–Trinajstić information content (AvgIpc) is 3.09. The van der Waals surface area contributed by atoms with Crippen LogP contribution in [0.1, 0.15) is 70.8 Å². The molecule has 7 nitrogen and oxygen atoms in total. The molecular weight excluding hydrogens is 437 g/mol. The Morgan fingerprint density at radius 2 is 2.03 bits per heavy atom. The first kappa shape index (κ1) is 21.0. The molecule has 7 heteroatoms. The summed E-state index contributed by atoms with van der Waals surface area (Å²) in [7, 11) is 0. The number of rotatable bonds is 5. The molecule has 0 unspecified atom stereocenters. The molecule has 0 spiro atoms. The number of aliphatic hydroxyl groups excluding tert-OH is 1. The van der Waals surface area contributed by atoms with E-state index in [0.717, 1.165) is 5.57 Å². The standard InChI is InChI=1S/C27H36O7/c1-6-23(32)34-27(22(31)14-33-16(3)28)10-8-19-18-11-15(2)20-12-17(29)7-9-25(20,4)24(18)21(30)13-26(19,27)5/h7,9,12,15,18-19,21,24,30H,6,8,10-11,13-14H2,1-5H3/t15-,18-,19-,21-,24+,25-,26-,27-/m0/s1/i3+1D3. The van der Waals surface area contributed by atoms with Crippen LogP contribution in [0, 0.1) is 34.5 Å². The molecule has 4 rings (SSSR count). The van der Waals surface area contributed by atoms with Gasteiger partial charge in [0.1, 0.15) is 0 Å². The molecule has 34 heavy (non-hydrogen) atoms. The lowest BCUT2D eigenvalue weighted by Gasteiger charge is -2.61. The van der Waals surface area contributed by atoms with Crippen molar-refractivity contribution in [1.82, 2.24) is 0 Å². The number of Topliss-reactive ketones (excluding diaryl/α,β-unsaturated/α-hetero) is 1. The molecule has 0 heterocycles. The Hall–Kier alpha value is -2.28. The van der Waals surface area contributed by atoms with Crippen LogP contribution in [0.15, 0.2) is 23.8 Å². The van der Waals surface area contributed by atoms with Crippen molar-refractivity contribution in [2.75, 3.05) is 6.61 Å². The third kappa shape index (κ3) is 3.50. The van der Waals surface area contributed by atoms with Gasteiger partial charge in [0.25, 0.3) is 0 Å². The van der Waals surface area contributed by atoms with Gasteiger partial charge in [-0.05, 0) is 55.6 Å². The first-order chi connectivity index (χ1) is 17.1. The molecule has 0 bridgehead atoms. The highest BCUT2D eigenvalue weighted by molar-refractivity contribution is 6.01. The molecule has 186 valence electrons. The van der Waals surface area contributed by atoms with Gasteiger partial charge in [-0.2, -0.15) is 0 Å². The zero-order valence-electron chi connectivity index (χ0n) is 23.3. The number of aliphatic hydroxyl groups is 1. The van der Waals surface area contributed by atoms with Crippen molar-refractivity contribution in [3.63, 3.8) is 0 Å². The number of hydrogen-bond donors (Lipinski definition) is 1. The van der Waals surface area contributed by atoms with Gasteiger partial charge in [0.2, 0.25) is 5.78 Å². The molecule has 0 radical (unpaired) electrons. The quantitative estimate of drug-likeness (QED) is 0.479. The molecule has 3 saturated carbocycles. The fourth-order valence-electron chi connectivity index (χ4n) is 7.93. The number of hydrogen-bond acceptors (Lipinski definition) is 7. The van der Waals surface area contributed by atoms with E-state index >= 15 is 0 Å². The molecule has 0 aromatic rings. The summed E-state index contributed by atoms with van der Waals surface area (Å²) in [5, 5.41) is 11.6. The monoisotopic (exact) mass is 476 g/mol. The Labute approximate surface area is 205 Å². The van der Waals surface area contributed by atoms with Gasteiger partial charge in [-0.25, -0.2) is 0 Å². The van der Waals surface area contributed by atoms with Gasteiger partial charge < -0.3 is 14.6 Å². The van der Waals surface area contributed by atoms with Crippen molar-refractivity contribution in [3.8, 4) is 0 Å². The van der Waals surface area contributed by atoms with Crippen LogP contribution in [0.25, 0.3) is 0 Å². The van der Waals surface area contributed by atoms with Crippen molar-refractivity contribution in [2.24, 2.45) is 34.5 Å². The Kier molecular flexibility index (Phi) is 5.22. The second kappa shape index (κ2) is 8.43. The molecule has 0 aromatic heterocycles. The first-order valence-corrected chi connectivity index (χ1v) is 12.2. The largest absolute Gasteiger partial charge is 0.458 e. The lowest BCUT2D eigenvalue weighted by atomic mass is 9.44. The Morgan fingerprint density at radius 1 is 1.29 bits per heavy atom. The summed E-state index contributed by atoms with van der Waals surface area (Å²) >= 11 is 0. The highest BCUT2D eigenvalue weighted by Gasteiger charge is 2.70. The van der Waals surface area contributed by atoms with Crippen molar-refractivity contribution < 1.29 is 37.9 Å². The summed E-state index contributed by atoms with van der Waals surface area (Å²) in [6, 6.07) is 0. The second-order valence-corrected chi connectivity index (χ2v) is 10.9. The zero-order valence-corrected chi connectivity index (χ0v) is 20.3. The number of carbonyl (C=O) groups excluding carboxylic acids is 4. The lowest BCUT2D eigenvalue weighted by Crippen LogP contribution is -2.63. The van der Waals surface area contributed by atoms with E-state index in [0.29, 0.717) is 12.8 Å². The fourth-order valence-corrected chi connectivity index (χ4v) is 7.93. The van der Waals surface area contributed by atoms with Crippen LogP contribution in [0.5, 0.6) is 0 Å². The number of carbonyl (C=O) groups is 4. The highest BCUT2D eigenvalue weighted by Crippen LogP contribution is 2.68. The van der Waals surface area contributed by atoms with Crippen molar-refractivity contribution in [3.05, 3.63) is 23.8 Å². The zero-order chi connectivity index (χ0) is 27.6. The highest BCUT2D eigenvalue weighted by atomic mass is 16.6. The number of allylic oxidation sites excluding steroid dienone is 4. The summed E-state index contributed by atoms with van der Waals surface area (Å²) in [6.07, 6.45) is 5.98. The van der Waals surface area contributed by atoms with Gasteiger partial charge in [-0.15, -0.1) is 0 Å². The molecule has 4 aliphatic carbocycles. The molecule has 8 atom stereocenters. The second-order valence-electron chi connectivity index (χ2n) is 10.9. The summed E-state index contributed by atoms with van der Waals surface area (Å²) in [6.45, 7) is 3.76. The van der Waals surface area contributed by atoms with Crippen LogP contribution in [0.4, 0.5) is 0 Å².